The van der Waals surface area contributed by atoms with E-state index in [-0.39, 0.29) is 0 Å². The van der Waals surface area contributed by atoms with Crippen LogP contribution < -0.4 is 11.3 Å². The molecule has 0 fully saturated rings. The first kappa shape index (κ1) is 5.88. The van der Waals surface area contributed by atoms with Crippen LogP contribution in [-0.4, -0.2) is 4.57 Å². The molecule has 0 aliphatic carbocycles. The summed E-state index contributed by atoms with van der Waals surface area (Å²) in [6.45, 7) is 0. The van der Waals surface area contributed by atoms with Crippen molar-refractivity contribution in [2.75, 3.05) is 0 Å². The molecule has 0 aliphatic rings. The zero-order valence-corrected chi connectivity index (χ0v) is 5.28. The molecule has 0 amide bonds. The van der Waals surface area contributed by atoms with Gasteiger partial charge in [-0.25, -0.2) is 0 Å². The number of aromatic nitrogens is 1. The molecule has 0 saturated heterocycles. The van der Waals surface area contributed by atoms with Crippen molar-refractivity contribution >= 4 is 0 Å². The third kappa shape index (κ3) is 1.10. The summed E-state index contributed by atoms with van der Waals surface area (Å²) < 4.78 is 1.85. The van der Waals surface area contributed by atoms with E-state index in [1.165, 1.54) is 0 Å². The smallest absolute Gasteiger partial charge is 0.151 e. The van der Waals surface area contributed by atoms with Crippen LogP contribution in [0.2, 0.25) is 0 Å². The van der Waals surface area contributed by atoms with Gasteiger partial charge >= 0.3 is 0 Å². The highest BCUT2D eigenvalue weighted by molar-refractivity contribution is 4.91. The summed E-state index contributed by atoms with van der Waals surface area (Å²) >= 11 is 0. The van der Waals surface area contributed by atoms with Crippen LogP contribution in [0, 0.1) is 0 Å². The Hall–Kier alpha value is -1.25. The van der Waals surface area contributed by atoms with Gasteiger partial charge in [0.1, 0.15) is 0 Å². The predicted molar refractivity (Wildman–Crippen MR) is 35.2 cm³/mol. The van der Waals surface area contributed by atoms with Gasteiger partial charge in [0.05, 0.1) is 0 Å². The Balaban J connectivity index is 3.33. The number of hydrogen-bond acceptors (Lipinski definition) is 2. The molecule has 9 heavy (non-hydrogen) atoms. The third-order valence-electron chi connectivity index (χ3n) is 1.16. The molecule has 0 atom stereocenters. The van der Waals surface area contributed by atoms with Crippen molar-refractivity contribution in [1.82, 2.24) is 4.57 Å². The second-order valence-electron chi connectivity index (χ2n) is 1.80. The fourth-order valence-corrected chi connectivity index (χ4v) is 0.648. The van der Waals surface area contributed by atoms with Crippen molar-refractivity contribution in [2.45, 2.75) is 0 Å². The minimum Gasteiger partial charge on any atom is -0.335 e. The standard InChI is InChI=1S/C6H9N3/c1-9-5-3-2-4-6(9)8-7/h2-5H,7H2,1H3/b8-6+. The molecule has 0 spiro atoms. The molecule has 48 valence electrons. The fraction of sp³-hybridized carbons (Fsp3) is 0.167. The van der Waals surface area contributed by atoms with Gasteiger partial charge in [0.25, 0.3) is 0 Å². The molecular formula is C6H9N3. The topological polar surface area (TPSA) is 43.3 Å². The summed E-state index contributed by atoms with van der Waals surface area (Å²) in [6.07, 6.45) is 1.89. The van der Waals surface area contributed by atoms with Crippen molar-refractivity contribution < 1.29 is 0 Å². The van der Waals surface area contributed by atoms with Gasteiger partial charge < -0.3 is 10.4 Å². The van der Waals surface area contributed by atoms with E-state index in [0.29, 0.717) is 0 Å². The van der Waals surface area contributed by atoms with Gasteiger partial charge in [0.2, 0.25) is 0 Å². The van der Waals surface area contributed by atoms with E-state index in [4.69, 9.17) is 5.84 Å². The molecular weight excluding hydrogens is 114 g/mol. The fourth-order valence-electron chi connectivity index (χ4n) is 0.648. The Labute approximate surface area is 53.4 Å². The summed E-state index contributed by atoms with van der Waals surface area (Å²) in [5.74, 6) is 5.05. The average molecular weight is 123 g/mol. The molecule has 1 aromatic heterocycles. The molecule has 0 radical (unpaired) electrons. The zero-order chi connectivity index (χ0) is 6.69. The summed E-state index contributed by atoms with van der Waals surface area (Å²) in [4.78, 5) is 0. The van der Waals surface area contributed by atoms with Crippen LogP contribution in [0.3, 0.4) is 0 Å². The number of aryl methyl sites for hydroxylation is 1. The lowest BCUT2D eigenvalue weighted by molar-refractivity contribution is 0.815. The summed E-state index contributed by atoms with van der Waals surface area (Å²) in [6, 6.07) is 5.67. The van der Waals surface area contributed by atoms with Crippen molar-refractivity contribution in [3.63, 3.8) is 0 Å². The molecule has 2 N–H and O–H groups in total. The predicted octanol–water partition coefficient (Wildman–Crippen LogP) is -0.201. The third-order valence-corrected chi connectivity index (χ3v) is 1.16. The Bertz CT molecular complexity index is 248. The number of rotatable bonds is 0. The summed E-state index contributed by atoms with van der Waals surface area (Å²) in [5.41, 5.74) is 0.775. The molecule has 3 heteroatoms. The molecule has 0 saturated carbocycles. The van der Waals surface area contributed by atoms with Gasteiger partial charge in [-0.05, 0) is 12.1 Å². The molecule has 1 aromatic rings. The number of pyridine rings is 1. The maximum absolute atomic E-state index is 5.05. The lowest BCUT2D eigenvalue weighted by Crippen LogP contribution is -2.17. The zero-order valence-electron chi connectivity index (χ0n) is 5.28. The monoisotopic (exact) mass is 123 g/mol. The molecule has 0 unspecified atom stereocenters. The van der Waals surface area contributed by atoms with Crippen LogP contribution in [0.5, 0.6) is 0 Å². The van der Waals surface area contributed by atoms with Crippen LogP contribution in [0.25, 0.3) is 0 Å². The lowest BCUT2D eigenvalue weighted by Gasteiger charge is -1.93. The first-order valence-electron chi connectivity index (χ1n) is 2.70. The first-order valence-corrected chi connectivity index (χ1v) is 2.70. The Morgan fingerprint density at radius 1 is 1.56 bits per heavy atom. The molecule has 0 bridgehead atoms. The van der Waals surface area contributed by atoms with Gasteiger partial charge in [-0.15, -0.1) is 0 Å². The van der Waals surface area contributed by atoms with E-state index < -0.39 is 0 Å². The minimum absolute atomic E-state index is 0.775. The van der Waals surface area contributed by atoms with Crippen LogP contribution in [0.15, 0.2) is 29.5 Å². The highest BCUT2D eigenvalue weighted by Gasteiger charge is 1.78. The van der Waals surface area contributed by atoms with Gasteiger partial charge in [0, 0.05) is 13.2 Å². The van der Waals surface area contributed by atoms with Crippen molar-refractivity contribution in [3.8, 4) is 0 Å². The highest BCUT2D eigenvalue weighted by atomic mass is 15.2. The second kappa shape index (κ2) is 2.35. The number of nitrogens with zero attached hydrogens (tertiary/aromatic N) is 2. The highest BCUT2D eigenvalue weighted by Crippen LogP contribution is 1.74. The van der Waals surface area contributed by atoms with E-state index >= 15 is 0 Å². The van der Waals surface area contributed by atoms with Crippen LogP contribution >= 0.6 is 0 Å². The molecule has 0 aromatic carbocycles. The van der Waals surface area contributed by atoms with E-state index in [9.17, 15) is 0 Å². The number of nitrogens with two attached hydrogens (primary N) is 1. The quantitative estimate of drug-likeness (QED) is 0.377. The SMILES string of the molecule is Cn1cccc/c1=N\N. The van der Waals surface area contributed by atoms with Crippen LogP contribution in [0.4, 0.5) is 0 Å². The lowest BCUT2D eigenvalue weighted by atomic mass is 10.5. The minimum atomic E-state index is 0.775. The maximum atomic E-state index is 5.05. The van der Waals surface area contributed by atoms with Crippen molar-refractivity contribution in [1.29, 1.82) is 0 Å². The van der Waals surface area contributed by atoms with E-state index in [2.05, 4.69) is 5.10 Å². The van der Waals surface area contributed by atoms with Gasteiger partial charge in [0.15, 0.2) is 5.49 Å². The van der Waals surface area contributed by atoms with Gasteiger partial charge in [-0.2, -0.15) is 5.10 Å². The van der Waals surface area contributed by atoms with Gasteiger partial charge in [-0.1, -0.05) is 6.07 Å². The normalized spacial score (nSPS) is 11.9. The molecule has 3 nitrogen and oxygen atoms in total. The molecule has 1 rings (SSSR count). The summed E-state index contributed by atoms with van der Waals surface area (Å²) in [5, 5.41) is 3.53. The Morgan fingerprint density at radius 2 is 2.33 bits per heavy atom. The largest absolute Gasteiger partial charge is 0.335 e. The van der Waals surface area contributed by atoms with Crippen molar-refractivity contribution in [3.05, 3.63) is 29.9 Å². The summed E-state index contributed by atoms with van der Waals surface area (Å²) in [7, 11) is 1.89. The van der Waals surface area contributed by atoms with Crippen molar-refractivity contribution in [2.24, 2.45) is 18.0 Å². The van der Waals surface area contributed by atoms with Gasteiger partial charge in [-0.3, -0.25) is 0 Å². The number of hydrogen-bond donors (Lipinski definition) is 1. The van der Waals surface area contributed by atoms with Crippen LogP contribution in [-0.2, 0) is 7.05 Å². The van der Waals surface area contributed by atoms with E-state index in [0.717, 1.165) is 5.49 Å². The Morgan fingerprint density at radius 3 is 2.78 bits per heavy atom. The first-order chi connectivity index (χ1) is 4.34. The Kier molecular flexibility index (Phi) is 1.53. The van der Waals surface area contributed by atoms with E-state index in [1.54, 1.807) is 0 Å². The molecule has 0 aliphatic heterocycles. The molecule has 1 heterocycles. The maximum Gasteiger partial charge on any atom is 0.151 e. The second-order valence-corrected chi connectivity index (χ2v) is 1.80. The van der Waals surface area contributed by atoms with E-state index in [1.807, 2.05) is 36.0 Å². The average Bonchev–Trinajstić information content (AvgIpc) is 1.89. The van der Waals surface area contributed by atoms with Crippen LogP contribution in [0.1, 0.15) is 0 Å².